The van der Waals surface area contributed by atoms with Crippen LogP contribution in [-0.4, -0.2) is 18.5 Å². The van der Waals surface area contributed by atoms with Crippen LogP contribution in [0.4, 0.5) is 0 Å². The van der Waals surface area contributed by atoms with Gasteiger partial charge in [0.2, 0.25) is 5.91 Å². The van der Waals surface area contributed by atoms with Crippen molar-refractivity contribution in [2.75, 3.05) is 6.54 Å². The summed E-state index contributed by atoms with van der Waals surface area (Å²) >= 11 is 5.15. The maximum atomic E-state index is 11.6. The average Bonchev–Trinajstić information content (AvgIpc) is 2.68. The molecule has 88 valence electrons. The maximum absolute atomic E-state index is 11.6. The summed E-state index contributed by atoms with van der Waals surface area (Å²) < 4.78 is 1.11. The Morgan fingerprint density at radius 1 is 1.69 bits per heavy atom. The van der Waals surface area contributed by atoms with Gasteiger partial charge >= 0.3 is 0 Å². The normalized spacial score (nSPS) is 22.9. The van der Waals surface area contributed by atoms with E-state index in [1.807, 2.05) is 0 Å². The minimum Gasteiger partial charge on any atom is -0.355 e. The summed E-state index contributed by atoms with van der Waals surface area (Å²) in [4.78, 5) is 12.8. The Balaban J connectivity index is 1.96. The van der Waals surface area contributed by atoms with Crippen LogP contribution in [0.1, 0.15) is 30.7 Å². The number of amides is 1. The molecule has 1 aromatic heterocycles. The molecule has 2 atom stereocenters. The van der Waals surface area contributed by atoms with E-state index in [9.17, 15) is 4.79 Å². The minimum atomic E-state index is -0.0374. The Morgan fingerprint density at radius 2 is 2.50 bits per heavy atom. The van der Waals surface area contributed by atoms with Crippen molar-refractivity contribution in [3.05, 3.63) is 20.8 Å². The highest BCUT2D eigenvalue weighted by Crippen LogP contribution is 2.26. The smallest absolute Gasteiger partial charge is 0.237 e. The van der Waals surface area contributed by atoms with Crippen LogP contribution in [0.3, 0.4) is 0 Å². The van der Waals surface area contributed by atoms with Crippen LogP contribution >= 0.6 is 27.3 Å². The third-order valence-electron chi connectivity index (χ3n) is 2.75. The van der Waals surface area contributed by atoms with E-state index in [0.717, 1.165) is 23.9 Å². The summed E-state index contributed by atoms with van der Waals surface area (Å²) in [6.07, 6.45) is 1.99. The van der Waals surface area contributed by atoms with Gasteiger partial charge in [-0.3, -0.25) is 10.1 Å². The second kappa shape index (κ2) is 5.29. The van der Waals surface area contributed by atoms with E-state index < -0.39 is 0 Å². The highest BCUT2D eigenvalue weighted by Gasteiger charge is 2.23. The fourth-order valence-corrected chi connectivity index (χ4v) is 3.33. The number of hydrogen-bond donors (Lipinski definition) is 2. The van der Waals surface area contributed by atoms with Crippen LogP contribution in [0.5, 0.6) is 0 Å². The zero-order valence-electron chi connectivity index (χ0n) is 9.13. The molecule has 2 N–H and O–H groups in total. The summed E-state index contributed by atoms with van der Waals surface area (Å²) in [5, 5.41) is 8.33. The van der Waals surface area contributed by atoms with Gasteiger partial charge in [-0.25, -0.2) is 0 Å². The Morgan fingerprint density at radius 3 is 3.12 bits per heavy atom. The Hall–Kier alpha value is -0.390. The molecule has 1 saturated heterocycles. The van der Waals surface area contributed by atoms with Gasteiger partial charge in [0, 0.05) is 27.3 Å². The number of carbonyl (C=O) groups excluding carboxylic acids is 1. The molecule has 0 saturated carbocycles. The number of thiophene rings is 1. The van der Waals surface area contributed by atoms with E-state index in [4.69, 9.17) is 0 Å². The van der Waals surface area contributed by atoms with Crippen LogP contribution in [0, 0.1) is 0 Å². The first-order valence-electron chi connectivity index (χ1n) is 5.44. The fraction of sp³-hybridized carbons (Fsp3) is 0.545. The highest BCUT2D eigenvalue weighted by atomic mass is 79.9. The van der Waals surface area contributed by atoms with Crippen molar-refractivity contribution in [3.8, 4) is 0 Å². The molecule has 1 aliphatic rings. The lowest BCUT2D eigenvalue weighted by atomic mass is 10.1. The molecule has 3 nitrogen and oxygen atoms in total. The number of nitrogens with one attached hydrogen (secondary N) is 2. The molecule has 0 spiro atoms. The molecule has 2 heterocycles. The third-order valence-corrected chi connectivity index (χ3v) is 4.63. The van der Waals surface area contributed by atoms with Crippen LogP contribution < -0.4 is 10.6 Å². The average molecular weight is 303 g/mol. The van der Waals surface area contributed by atoms with Gasteiger partial charge in [-0.15, -0.1) is 11.3 Å². The van der Waals surface area contributed by atoms with E-state index in [1.54, 1.807) is 11.3 Å². The van der Waals surface area contributed by atoms with Crippen LogP contribution in [0.25, 0.3) is 0 Å². The van der Waals surface area contributed by atoms with Gasteiger partial charge in [0.25, 0.3) is 0 Å². The number of piperidine rings is 1. The maximum Gasteiger partial charge on any atom is 0.237 e. The van der Waals surface area contributed by atoms with Gasteiger partial charge in [-0.2, -0.15) is 0 Å². The van der Waals surface area contributed by atoms with E-state index in [0.29, 0.717) is 0 Å². The zero-order chi connectivity index (χ0) is 11.5. The van der Waals surface area contributed by atoms with Crippen molar-refractivity contribution in [3.63, 3.8) is 0 Å². The lowest BCUT2D eigenvalue weighted by Crippen LogP contribution is -2.48. The van der Waals surface area contributed by atoms with Gasteiger partial charge < -0.3 is 5.32 Å². The van der Waals surface area contributed by atoms with E-state index in [1.165, 1.54) is 4.88 Å². The third kappa shape index (κ3) is 2.84. The van der Waals surface area contributed by atoms with Gasteiger partial charge in [0.05, 0.1) is 6.04 Å². The largest absolute Gasteiger partial charge is 0.355 e. The second-order valence-corrected chi connectivity index (χ2v) is 5.90. The molecule has 1 aliphatic heterocycles. The highest BCUT2D eigenvalue weighted by molar-refractivity contribution is 9.10. The van der Waals surface area contributed by atoms with Crippen molar-refractivity contribution in [1.82, 2.24) is 10.6 Å². The topological polar surface area (TPSA) is 41.1 Å². The van der Waals surface area contributed by atoms with Crippen molar-refractivity contribution >= 4 is 33.2 Å². The van der Waals surface area contributed by atoms with Crippen molar-refractivity contribution in [2.45, 2.75) is 31.8 Å². The number of hydrogen-bond acceptors (Lipinski definition) is 3. The molecule has 16 heavy (non-hydrogen) atoms. The van der Waals surface area contributed by atoms with Gasteiger partial charge in [-0.05, 0) is 41.8 Å². The Kier molecular flexibility index (Phi) is 4.00. The van der Waals surface area contributed by atoms with Crippen molar-refractivity contribution < 1.29 is 4.79 Å². The molecule has 2 rings (SSSR count). The standard InChI is InChI=1S/C11H15BrN2OS/c1-7(10-5-8(12)6-16-10)14-9-3-2-4-13-11(9)15/h5-7,9,14H,2-4H2,1H3,(H,13,15). The van der Waals surface area contributed by atoms with Gasteiger partial charge in [-0.1, -0.05) is 0 Å². The first-order chi connectivity index (χ1) is 7.66. The number of rotatable bonds is 3. The van der Waals surface area contributed by atoms with Gasteiger partial charge in [0.1, 0.15) is 0 Å². The predicted molar refractivity (Wildman–Crippen MR) is 69.6 cm³/mol. The second-order valence-electron chi connectivity index (χ2n) is 4.04. The van der Waals surface area contributed by atoms with Crippen LogP contribution in [0.2, 0.25) is 0 Å². The predicted octanol–water partition coefficient (Wildman–Crippen LogP) is 2.44. The Labute approximate surface area is 108 Å². The first kappa shape index (κ1) is 12.1. The van der Waals surface area contributed by atoms with E-state index >= 15 is 0 Å². The summed E-state index contributed by atoms with van der Waals surface area (Å²) in [7, 11) is 0. The lowest BCUT2D eigenvalue weighted by Gasteiger charge is -2.25. The van der Waals surface area contributed by atoms with Crippen LogP contribution in [0.15, 0.2) is 15.9 Å². The molecule has 0 aromatic carbocycles. The van der Waals surface area contributed by atoms with Crippen molar-refractivity contribution in [2.24, 2.45) is 0 Å². The molecule has 1 aromatic rings. The molecule has 2 unspecified atom stereocenters. The summed E-state index contributed by atoms with van der Waals surface area (Å²) in [5.74, 6) is 0.133. The van der Waals surface area contributed by atoms with E-state index in [-0.39, 0.29) is 18.0 Å². The molecule has 0 bridgehead atoms. The Bertz CT molecular complexity index is 380. The molecular formula is C11H15BrN2OS. The lowest BCUT2D eigenvalue weighted by molar-refractivity contribution is -0.124. The number of carbonyl (C=O) groups is 1. The monoisotopic (exact) mass is 302 g/mol. The summed E-state index contributed by atoms with van der Waals surface area (Å²) in [6.45, 7) is 2.91. The molecule has 1 amide bonds. The summed E-state index contributed by atoms with van der Waals surface area (Å²) in [6, 6.07) is 2.29. The molecule has 1 fully saturated rings. The molecule has 5 heteroatoms. The van der Waals surface area contributed by atoms with Gasteiger partial charge in [0.15, 0.2) is 0 Å². The fourth-order valence-electron chi connectivity index (χ4n) is 1.87. The quantitative estimate of drug-likeness (QED) is 0.900. The molecule has 0 radical (unpaired) electrons. The molecule has 0 aliphatic carbocycles. The molecular weight excluding hydrogens is 288 g/mol. The SMILES string of the molecule is CC(NC1CCCNC1=O)c1cc(Br)cs1. The minimum absolute atomic E-state index is 0.0374. The number of halogens is 1. The zero-order valence-corrected chi connectivity index (χ0v) is 11.5. The first-order valence-corrected chi connectivity index (χ1v) is 7.12. The summed E-state index contributed by atoms with van der Waals surface area (Å²) in [5.41, 5.74) is 0. The van der Waals surface area contributed by atoms with Crippen LogP contribution in [-0.2, 0) is 4.79 Å². The van der Waals surface area contributed by atoms with Crippen molar-refractivity contribution in [1.29, 1.82) is 0 Å². The van der Waals surface area contributed by atoms with E-state index in [2.05, 4.69) is 44.9 Å².